The van der Waals surface area contributed by atoms with Crippen LogP contribution >= 0.6 is 0 Å². The summed E-state index contributed by atoms with van der Waals surface area (Å²) in [4.78, 5) is 41.0. The maximum absolute atomic E-state index is 13.7. The highest BCUT2D eigenvalue weighted by atomic mass is 19.4. The van der Waals surface area contributed by atoms with E-state index in [9.17, 15) is 27.6 Å². The molecule has 5 nitrogen and oxygen atoms in total. The summed E-state index contributed by atoms with van der Waals surface area (Å²) < 4.78 is 40.4. The quantitative estimate of drug-likeness (QED) is 0.526. The Hall–Kier alpha value is -3.94. The van der Waals surface area contributed by atoms with Crippen LogP contribution in [-0.4, -0.2) is 35.5 Å². The predicted molar refractivity (Wildman–Crippen MR) is 120 cm³/mol. The van der Waals surface area contributed by atoms with E-state index in [-0.39, 0.29) is 17.5 Å². The number of benzene rings is 3. The molecule has 3 aliphatic carbocycles. The van der Waals surface area contributed by atoms with Crippen molar-refractivity contribution in [2.24, 2.45) is 11.8 Å². The van der Waals surface area contributed by atoms with Crippen LogP contribution in [0.15, 0.2) is 78.9 Å². The Kier molecular flexibility index (Phi) is 4.64. The highest BCUT2D eigenvalue weighted by Crippen LogP contribution is 2.60. The summed E-state index contributed by atoms with van der Waals surface area (Å²) in [5.41, 5.74) is 3.82. The highest BCUT2D eigenvalue weighted by Gasteiger charge is 2.62. The molecular weight excluding hydrogens is 457 g/mol. The fraction of sp³-hybridized carbons (Fsp3) is 0.222. The van der Waals surface area contributed by atoms with Crippen LogP contribution in [-0.2, 0) is 14.4 Å². The van der Waals surface area contributed by atoms with Crippen LogP contribution in [0.25, 0.3) is 0 Å². The molecule has 1 saturated heterocycles. The molecule has 2 atom stereocenters. The van der Waals surface area contributed by atoms with Crippen LogP contribution in [0, 0.1) is 11.8 Å². The smallest absolute Gasteiger partial charge is 0.286 e. The molecule has 3 aromatic carbocycles. The maximum atomic E-state index is 13.7. The van der Waals surface area contributed by atoms with Gasteiger partial charge in [0.15, 0.2) is 0 Å². The number of halogens is 3. The van der Waals surface area contributed by atoms with E-state index in [1.807, 2.05) is 48.5 Å². The Balaban J connectivity index is 1.43. The van der Waals surface area contributed by atoms with Gasteiger partial charge in [0.25, 0.3) is 0 Å². The average molecular weight is 476 g/mol. The molecular formula is C27H19F3N2O3. The largest absolute Gasteiger partial charge is 0.471 e. The number of nitrogens with zero attached hydrogens (tertiary/aromatic N) is 2. The average Bonchev–Trinajstić information content (AvgIpc) is 3.12. The molecule has 1 aliphatic heterocycles. The molecule has 8 heteroatoms. The van der Waals surface area contributed by atoms with Gasteiger partial charge in [-0.3, -0.25) is 24.2 Å². The molecule has 0 spiro atoms. The molecule has 7 rings (SSSR count). The molecule has 0 unspecified atom stereocenters. The third-order valence-corrected chi connectivity index (χ3v) is 7.38. The molecule has 4 aliphatic rings. The van der Waals surface area contributed by atoms with Crippen molar-refractivity contribution < 1.29 is 27.6 Å². The number of carbonyl (C=O) groups excluding carboxylic acids is 3. The number of amides is 3. The zero-order valence-corrected chi connectivity index (χ0v) is 18.3. The summed E-state index contributed by atoms with van der Waals surface area (Å²) in [7, 11) is 0. The normalized spacial score (nSPS) is 24.1. The molecule has 0 saturated carbocycles. The molecule has 1 fully saturated rings. The van der Waals surface area contributed by atoms with E-state index in [1.165, 1.54) is 24.3 Å². The van der Waals surface area contributed by atoms with Crippen molar-refractivity contribution in [1.29, 1.82) is 0 Å². The molecule has 1 heterocycles. The number of rotatable bonds is 3. The van der Waals surface area contributed by atoms with E-state index < -0.39 is 42.4 Å². The third-order valence-electron chi connectivity index (χ3n) is 7.38. The Morgan fingerprint density at radius 2 is 1.11 bits per heavy atom. The molecule has 3 aromatic rings. The minimum absolute atomic E-state index is 0.0418. The maximum Gasteiger partial charge on any atom is 0.471 e. The van der Waals surface area contributed by atoms with Crippen LogP contribution in [0.1, 0.15) is 34.1 Å². The number of para-hydroxylation sites is 1. The first-order valence-corrected chi connectivity index (χ1v) is 11.3. The SMILES string of the molecule is O=C1[C@H]2C3c4ccccc4C(c4ccccc43)[C@@H]2C(=O)N1CN(C(=O)C(F)(F)F)c1ccccc1. The number of hydrogen-bond acceptors (Lipinski definition) is 3. The number of likely N-dealkylation sites (tertiary alicyclic amines) is 1. The van der Waals surface area contributed by atoms with Gasteiger partial charge in [-0.05, 0) is 34.4 Å². The van der Waals surface area contributed by atoms with Crippen molar-refractivity contribution in [3.8, 4) is 0 Å². The Labute approximate surface area is 198 Å². The molecule has 0 aromatic heterocycles. The van der Waals surface area contributed by atoms with Crippen molar-refractivity contribution >= 4 is 23.4 Å². The molecule has 0 radical (unpaired) electrons. The van der Waals surface area contributed by atoms with E-state index >= 15 is 0 Å². The fourth-order valence-corrected chi connectivity index (χ4v) is 6.04. The molecule has 35 heavy (non-hydrogen) atoms. The van der Waals surface area contributed by atoms with Gasteiger partial charge in [0.2, 0.25) is 11.8 Å². The van der Waals surface area contributed by atoms with Crippen molar-refractivity contribution in [3.63, 3.8) is 0 Å². The zero-order chi connectivity index (χ0) is 24.5. The number of alkyl halides is 3. The van der Waals surface area contributed by atoms with Crippen molar-refractivity contribution in [1.82, 2.24) is 4.90 Å². The third kappa shape index (κ3) is 3.05. The molecule has 176 valence electrons. The van der Waals surface area contributed by atoms with Crippen molar-refractivity contribution in [3.05, 3.63) is 101 Å². The first-order valence-electron chi connectivity index (χ1n) is 11.3. The van der Waals surface area contributed by atoms with Crippen LogP contribution in [0.5, 0.6) is 0 Å². The second-order valence-electron chi connectivity index (χ2n) is 9.08. The predicted octanol–water partition coefficient (Wildman–Crippen LogP) is 4.43. The Morgan fingerprint density at radius 1 is 0.714 bits per heavy atom. The topological polar surface area (TPSA) is 57.7 Å². The number of imide groups is 1. The Morgan fingerprint density at radius 3 is 1.51 bits per heavy atom. The van der Waals surface area contributed by atoms with Crippen LogP contribution < -0.4 is 4.90 Å². The van der Waals surface area contributed by atoms with Crippen molar-refractivity contribution in [2.75, 3.05) is 11.6 Å². The van der Waals surface area contributed by atoms with Gasteiger partial charge < -0.3 is 0 Å². The van der Waals surface area contributed by atoms with Crippen LogP contribution in [0.4, 0.5) is 18.9 Å². The van der Waals surface area contributed by atoms with E-state index in [0.717, 1.165) is 27.2 Å². The second-order valence-corrected chi connectivity index (χ2v) is 9.08. The van der Waals surface area contributed by atoms with E-state index in [1.54, 1.807) is 6.07 Å². The number of anilines is 1. The highest BCUT2D eigenvalue weighted by molar-refractivity contribution is 6.09. The van der Waals surface area contributed by atoms with Gasteiger partial charge in [-0.2, -0.15) is 13.2 Å². The monoisotopic (exact) mass is 476 g/mol. The lowest BCUT2D eigenvalue weighted by Crippen LogP contribution is -2.49. The number of hydrogen-bond donors (Lipinski definition) is 0. The summed E-state index contributed by atoms with van der Waals surface area (Å²) in [5, 5.41) is 0. The van der Waals surface area contributed by atoms with Gasteiger partial charge in [0.05, 0.1) is 11.8 Å². The van der Waals surface area contributed by atoms with Gasteiger partial charge in [-0.25, -0.2) is 0 Å². The molecule has 0 N–H and O–H groups in total. The molecule has 3 amide bonds. The second kappa shape index (κ2) is 7.53. The number of carbonyl (C=O) groups is 3. The summed E-state index contributed by atoms with van der Waals surface area (Å²) in [6.07, 6.45) is -5.17. The minimum atomic E-state index is -5.17. The lowest BCUT2D eigenvalue weighted by Gasteiger charge is -2.45. The van der Waals surface area contributed by atoms with Crippen molar-refractivity contribution in [2.45, 2.75) is 18.0 Å². The Bertz CT molecular complexity index is 1260. The first-order chi connectivity index (χ1) is 16.8. The van der Waals surface area contributed by atoms with Gasteiger partial charge >= 0.3 is 12.1 Å². The lowest BCUT2D eigenvalue weighted by molar-refractivity contribution is -0.171. The first kappa shape index (κ1) is 21.6. The van der Waals surface area contributed by atoms with E-state index in [0.29, 0.717) is 4.90 Å². The van der Waals surface area contributed by atoms with E-state index in [2.05, 4.69) is 0 Å². The summed E-state index contributed by atoms with van der Waals surface area (Å²) in [5.74, 6) is -5.42. The summed E-state index contributed by atoms with van der Waals surface area (Å²) in [6.45, 7) is -0.793. The fourth-order valence-electron chi connectivity index (χ4n) is 6.04. The van der Waals surface area contributed by atoms with Gasteiger partial charge in [-0.15, -0.1) is 0 Å². The zero-order valence-electron chi connectivity index (χ0n) is 18.3. The lowest BCUT2D eigenvalue weighted by atomic mass is 9.55. The van der Waals surface area contributed by atoms with Gasteiger partial charge in [0, 0.05) is 17.5 Å². The van der Waals surface area contributed by atoms with Crippen LogP contribution in [0.2, 0.25) is 0 Å². The van der Waals surface area contributed by atoms with Gasteiger partial charge in [0.1, 0.15) is 6.67 Å². The minimum Gasteiger partial charge on any atom is -0.286 e. The molecule has 2 bridgehead atoms. The standard InChI is InChI=1S/C27H19F3N2O3/c28-27(29,30)26(35)31(15-8-2-1-3-9-15)14-32-24(33)22-20-16-10-4-5-11-17(16)21(23(22)25(32)34)19-13-7-6-12-18(19)20/h1-13,20-23H,14H2/t20?,21?,22-,23-/m0/s1. The summed E-state index contributed by atoms with van der Waals surface area (Å²) >= 11 is 0. The van der Waals surface area contributed by atoms with Gasteiger partial charge in [-0.1, -0.05) is 66.7 Å². The van der Waals surface area contributed by atoms with Crippen LogP contribution in [0.3, 0.4) is 0 Å². The van der Waals surface area contributed by atoms with E-state index in [4.69, 9.17) is 0 Å². The summed E-state index contributed by atoms with van der Waals surface area (Å²) in [6, 6.07) is 22.6.